The van der Waals surface area contributed by atoms with Crippen molar-refractivity contribution >= 4 is 82.1 Å². The molecule has 0 saturated carbocycles. The number of aliphatic imine (C=N–C) groups is 1. The number of aliphatic carboxylic acids is 1. The fraction of sp³-hybridized carbons (Fsp3) is 0.100. The van der Waals surface area contributed by atoms with Gasteiger partial charge in [-0.2, -0.15) is 0 Å². The molecule has 6 nitrogen and oxygen atoms in total. The summed E-state index contributed by atoms with van der Waals surface area (Å²) in [5.74, 6) is -1.27. The molecule has 0 radical (unpaired) electrons. The van der Waals surface area contributed by atoms with Gasteiger partial charge in [0.1, 0.15) is 6.61 Å². The maximum atomic E-state index is 12.9. The van der Waals surface area contributed by atoms with Gasteiger partial charge in [-0.3, -0.25) is 0 Å². The number of nitrogens with zero attached hydrogens (tertiary/aromatic N) is 1. The second-order valence-corrected chi connectivity index (χ2v) is 11.3. The molecule has 0 aromatic heterocycles. The third kappa shape index (κ3) is 6.03. The van der Waals surface area contributed by atoms with Crippen LogP contribution >= 0.6 is 11.8 Å². The van der Waals surface area contributed by atoms with Gasteiger partial charge in [0, 0.05) is 0 Å². The summed E-state index contributed by atoms with van der Waals surface area (Å²) in [7, 11) is 0. The van der Waals surface area contributed by atoms with Crippen LogP contribution in [0.3, 0.4) is 0 Å². The number of thioether (sulfide) groups is 1. The topological polar surface area (TPSA) is 88.0 Å². The van der Waals surface area contributed by atoms with Gasteiger partial charge in [0.25, 0.3) is 0 Å². The molecule has 0 aliphatic carbocycles. The fourth-order valence-corrected chi connectivity index (χ4v) is 5.51. The molecule has 1 atom stereocenters. The average molecular weight is 531 g/mol. The molecule has 1 unspecified atom stereocenters. The number of anilines is 1. The molecule has 8 heteroatoms. The Kier molecular flexibility index (Phi) is 8.00. The normalized spacial score (nSPS) is 15.0. The summed E-state index contributed by atoms with van der Waals surface area (Å²) in [5, 5.41) is 15.2. The van der Waals surface area contributed by atoms with Crippen LogP contribution < -0.4 is 12.9 Å². The molecule has 5 rings (SSSR count). The van der Waals surface area contributed by atoms with E-state index in [-0.39, 0.29) is 5.91 Å². The molecule has 4 aromatic carbocycles. The van der Waals surface area contributed by atoms with Crippen molar-refractivity contribution in [3.63, 3.8) is 0 Å². The van der Waals surface area contributed by atoms with E-state index in [0.717, 1.165) is 52.6 Å². The average Bonchev–Trinajstić information content (AvgIpc) is 3.26. The Morgan fingerprint density at radius 3 is 2.50 bits per heavy atom. The summed E-state index contributed by atoms with van der Waals surface area (Å²) in [4.78, 5) is 29.2. The van der Waals surface area contributed by atoms with Crippen LogP contribution in [0.15, 0.2) is 94.8 Å². The van der Waals surface area contributed by atoms with E-state index in [1.54, 1.807) is 13.0 Å². The first-order valence-electron chi connectivity index (χ1n) is 12.2. The third-order valence-electron chi connectivity index (χ3n) is 6.31. The van der Waals surface area contributed by atoms with Gasteiger partial charge in [0.15, 0.2) is 0 Å². The predicted octanol–water partition coefficient (Wildman–Crippen LogP) is 5.48. The Bertz CT molecular complexity index is 1600. The molecule has 0 bridgehead atoms. The molecule has 1 heterocycles. The number of benzene rings is 4. The number of amidine groups is 1. The molecule has 0 saturated heterocycles. The van der Waals surface area contributed by atoms with Crippen molar-refractivity contribution in [1.29, 1.82) is 0 Å². The second-order valence-electron chi connectivity index (χ2n) is 9.12. The zero-order chi connectivity index (χ0) is 26.6. The molecular weight excluding hydrogens is 507 g/mol. The number of hydrogen-bond donors (Lipinski definition) is 2. The number of fused-ring (bicyclic) bond motifs is 1. The van der Waals surface area contributed by atoms with E-state index in [2.05, 4.69) is 10.3 Å². The van der Waals surface area contributed by atoms with Crippen LogP contribution in [0.5, 0.6) is 5.75 Å². The number of amides is 1. The molecular formula is C30H23N2NaO4S. The Morgan fingerprint density at radius 2 is 1.76 bits per heavy atom. The van der Waals surface area contributed by atoms with Crippen molar-refractivity contribution in [2.75, 3.05) is 5.32 Å². The van der Waals surface area contributed by atoms with Gasteiger partial charge in [-0.25, -0.2) is 0 Å². The van der Waals surface area contributed by atoms with E-state index in [0.29, 0.717) is 33.7 Å². The van der Waals surface area contributed by atoms with Crippen LogP contribution in [0, 0.1) is 0 Å². The second kappa shape index (κ2) is 11.6. The number of carboxylic acids is 1. The standard InChI is InChI=1S/C30H23N2O4S.Na/c1-19(29(34)35)24-13-7-8-14-25(24)31-30-32-28(33)27(37-30)17-23-15-21-11-5-6-12-22(21)16-26(23)36-18-20-9-3-2-4-10-20;/h2-6,8-17,19H,18H2,1H3,(H,34,35)(H,31,32,33);. The summed E-state index contributed by atoms with van der Waals surface area (Å²) in [5.41, 5.74) is 3.14. The van der Waals surface area contributed by atoms with Crippen molar-refractivity contribution in [2.45, 2.75) is 19.4 Å². The Labute approximate surface area is 242 Å². The Morgan fingerprint density at radius 1 is 1.05 bits per heavy atom. The van der Waals surface area contributed by atoms with Gasteiger partial charge in [-0.15, -0.1) is 0 Å². The first-order valence-corrected chi connectivity index (χ1v) is 14.0. The number of ether oxygens (including phenoxy) is 1. The predicted molar refractivity (Wildman–Crippen MR) is 154 cm³/mol. The van der Waals surface area contributed by atoms with E-state index >= 15 is 0 Å². The number of carboxylic acid groups (broad SMARTS) is 1. The summed E-state index contributed by atoms with van der Waals surface area (Å²) in [6.07, 6.45) is 1.81. The summed E-state index contributed by atoms with van der Waals surface area (Å²) >= 11 is 2.03. The number of rotatable bonds is 7. The van der Waals surface area contributed by atoms with Gasteiger partial charge in [-0.1, -0.05) is 54.6 Å². The first-order chi connectivity index (χ1) is 18.4. The van der Waals surface area contributed by atoms with Crippen molar-refractivity contribution < 1.29 is 19.4 Å². The number of carbonyl (C=O) groups is 2. The third-order valence-corrected chi connectivity index (χ3v) is 7.83. The van der Waals surface area contributed by atoms with Crippen molar-refractivity contribution in [2.24, 2.45) is 4.99 Å². The van der Waals surface area contributed by atoms with Crippen LogP contribution in [-0.4, -0.2) is 50.1 Å². The number of hydrogen-bond acceptors (Lipinski definition) is 5. The van der Waals surface area contributed by atoms with Gasteiger partial charge in [0.2, 0.25) is 0 Å². The minimum absolute atomic E-state index is 0.355. The van der Waals surface area contributed by atoms with Crippen molar-refractivity contribution in [3.05, 3.63) is 107 Å². The first kappa shape index (κ1) is 26.3. The molecule has 1 aliphatic rings. The molecule has 1 amide bonds. The van der Waals surface area contributed by atoms with Crippen LogP contribution in [-0.2, 0) is 16.2 Å². The van der Waals surface area contributed by atoms with Crippen LogP contribution in [0.4, 0.5) is 5.69 Å². The van der Waals surface area contributed by atoms with Crippen molar-refractivity contribution in [3.8, 4) is 5.75 Å². The van der Waals surface area contributed by atoms with Crippen LogP contribution in [0.1, 0.15) is 29.5 Å². The summed E-state index contributed by atoms with van der Waals surface area (Å²) < 4.78 is 7.30. The molecule has 2 N–H and O–H groups in total. The molecule has 0 spiro atoms. The Balaban J connectivity index is 1.42. The Hall–Kier alpha value is -3.36. The zero-order valence-corrected chi connectivity index (χ0v) is 23.8. The van der Waals surface area contributed by atoms with E-state index in [1.807, 2.05) is 84.9 Å². The van der Waals surface area contributed by atoms with E-state index in [9.17, 15) is 14.7 Å². The van der Waals surface area contributed by atoms with E-state index in [1.165, 1.54) is 11.8 Å². The van der Waals surface area contributed by atoms with Crippen molar-refractivity contribution in [1.82, 2.24) is 0 Å². The number of carbonyl (C=O) groups excluding carboxylic acids is 1. The molecule has 4 aromatic rings. The van der Waals surface area contributed by atoms with Gasteiger partial charge >= 0.3 is 171 Å². The van der Waals surface area contributed by atoms with Crippen LogP contribution in [0.25, 0.3) is 16.8 Å². The van der Waals surface area contributed by atoms with Gasteiger partial charge in [0.05, 0.1) is 0 Å². The molecule has 184 valence electrons. The fourth-order valence-electron chi connectivity index (χ4n) is 4.22. The SMILES string of the molecule is CC(C(=O)O)c1c[c]([Na])ccc1NC1=NC(=O)C(=Cc2cc3ccccc3cc2OCc2ccccc2)S1. The summed E-state index contributed by atoms with van der Waals surface area (Å²) in [6, 6.07) is 27.7. The minimum atomic E-state index is -0.905. The van der Waals surface area contributed by atoms with Gasteiger partial charge in [-0.05, 0) is 10.9 Å². The zero-order valence-electron chi connectivity index (χ0n) is 21.0. The van der Waals surface area contributed by atoms with Gasteiger partial charge < -0.3 is 0 Å². The summed E-state index contributed by atoms with van der Waals surface area (Å²) in [6.45, 7) is 2.06. The molecule has 1 aliphatic heterocycles. The molecule has 0 fully saturated rings. The quantitative estimate of drug-likeness (QED) is 0.243. The van der Waals surface area contributed by atoms with Crippen LogP contribution in [0.2, 0.25) is 0 Å². The monoisotopic (exact) mass is 530 g/mol. The number of nitrogens with one attached hydrogen (secondary N) is 1. The molecule has 38 heavy (non-hydrogen) atoms. The maximum absolute atomic E-state index is 12.9. The van der Waals surface area contributed by atoms with E-state index in [4.69, 9.17) is 4.74 Å². The van der Waals surface area contributed by atoms with E-state index < -0.39 is 11.9 Å².